The SMILES string of the molecule is COC(CNC(=O)NCc1cccc(C)c1)CC(=O)O. The van der Waals surface area contributed by atoms with Crippen LogP contribution in [0.15, 0.2) is 24.3 Å². The molecule has 1 unspecified atom stereocenters. The molecule has 0 aliphatic carbocycles. The summed E-state index contributed by atoms with van der Waals surface area (Å²) in [6.45, 7) is 2.56. The van der Waals surface area contributed by atoms with E-state index in [-0.39, 0.29) is 19.0 Å². The molecule has 0 aromatic heterocycles. The van der Waals surface area contributed by atoms with E-state index in [1.807, 2.05) is 31.2 Å². The van der Waals surface area contributed by atoms with Crippen molar-refractivity contribution in [2.45, 2.75) is 26.0 Å². The molecule has 0 saturated carbocycles. The van der Waals surface area contributed by atoms with Crippen LogP contribution < -0.4 is 10.6 Å². The largest absolute Gasteiger partial charge is 0.481 e. The molecule has 0 spiro atoms. The molecule has 3 N–H and O–H groups in total. The van der Waals surface area contributed by atoms with Crippen LogP contribution in [0.25, 0.3) is 0 Å². The number of hydrogen-bond donors (Lipinski definition) is 3. The highest BCUT2D eigenvalue weighted by Gasteiger charge is 2.13. The number of methoxy groups -OCH3 is 1. The monoisotopic (exact) mass is 280 g/mol. The predicted molar refractivity (Wildman–Crippen MR) is 74.5 cm³/mol. The number of hydrogen-bond acceptors (Lipinski definition) is 3. The predicted octanol–water partition coefficient (Wildman–Crippen LogP) is 1.28. The molecule has 0 aliphatic rings. The van der Waals surface area contributed by atoms with Crippen molar-refractivity contribution in [1.82, 2.24) is 10.6 Å². The number of carboxylic acid groups (broad SMARTS) is 1. The van der Waals surface area contributed by atoms with Gasteiger partial charge in [0.1, 0.15) is 0 Å². The number of benzene rings is 1. The second-order valence-electron chi connectivity index (χ2n) is 4.51. The minimum atomic E-state index is -0.959. The molecule has 0 saturated heterocycles. The van der Waals surface area contributed by atoms with Crippen molar-refractivity contribution in [3.05, 3.63) is 35.4 Å². The Labute approximate surface area is 118 Å². The van der Waals surface area contributed by atoms with Gasteiger partial charge in [0.25, 0.3) is 0 Å². The van der Waals surface area contributed by atoms with E-state index in [4.69, 9.17) is 9.84 Å². The number of aryl methyl sites for hydroxylation is 1. The van der Waals surface area contributed by atoms with E-state index in [9.17, 15) is 9.59 Å². The highest BCUT2D eigenvalue weighted by atomic mass is 16.5. The second kappa shape index (κ2) is 8.16. The van der Waals surface area contributed by atoms with E-state index >= 15 is 0 Å². The minimum absolute atomic E-state index is 0.144. The lowest BCUT2D eigenvalue weighted by atomic mass is 10.1. The first-order chi connectivity index (χ1) is 9.51. The lowest BCUT2D eigenvalue weighted by molar-refractivity contribution is -0.139. The Bertz CT molecular complexity index is 462. The Hall–Kier alpha value is -2.08. The number of nitrogens with one attached hydrogen (secondary N) is 2. The first-order valence-electron chi connectivity index (χ1n) is 6.33. The van der Waals surface area contributed by atoms with Gasteiger partial charge in [-0.25, -0.2) is 4.79 Å². The summed E-state index contributed by atoms with van der Waals surface area (Å²) in [5, 5.41) is 13.9. The van der Waals surface area contributed by atoms with Crippen LogP contribution in [0.3, 0.4) is 0 Å². The van der Waals surface area contributed by atoms with E-state index in [2.05, 4.69) is 10.6 Å². The van der Waals surface area contributed by atoms with Crippen LogP contribution in [0, 0.1) is 6.92 Å². The molecule has 1 atom stereocenters. The van der Waals surface area contributed by atoms with Crippen molar-refractivity contribution in [3.8, 4) is 0 Å². The summed E-state index contributed by atoms with van der Waals surface area (Å²) >= 11 is 0. The normalized spacial score (nSPS) is 11.7. The maximum Gasteiger partial charge on any atom is 0.315 e. The lowest BCUT2D eigenvalue weighted by Gasteiger charge is -2.14. The zero-order valence-corrected chi connectivity index (χ0v) is 11.7. The number of ether oxygens (including phenoxy) is 1. The molecule has 6 heteroatoms. The van der Waals surface area contributed by atoms with Gasteiger partial charge in [0, 0.05) is 20.2 Å². The molecular formula is C14H20N2O4. The highest BCUT2D eigenvalue weighted by Crippen LogP contribution is 2.03. The molecular weight excluding hydrogens is 260 g/mol. The smallest absolute Gasteiger partial charge is 0.315 e. The van der Waals surface area contributed by atoms with Crippen LogP contribution in [0.4, 0.5) is 4.79 Å². The molecule has 2 amide bonds. The average Bonchev–Trinajstić information content (AvgIpc) is 2.40. The third kappa shape index (κ3) is 6.19. The van der Waals surface area contributed by atoms with Gasteiger partial charge in [0.15, 0.2) is 0 Å². The number of aliphatic carboxylic acids is 1. The van der Waals surface area contributed by atoms with E-state index in [1.54, 1.807) is 0 Å². The van der Waals surface area contributed by atoms with Crippen LogP contribution in [0.2, 0.25) is 0 Å². The van der Waals surface area contributed by atoms with Crippen LogP contribution in [-0.4, -0.2) is 36.9 Å². The molecule has 0 aliphatic heterocycles. The first-order valence-corrected chi connectivity index (χ1v) is 6.33. The van der Waals surface area contributed by atoms with Crippen molar-refractivity contribution in [2.75, 3.05) is 13.7 Å². The van der Waals surface area contributed by atoms with Gasteiger partial charge in [0.2, 0.25) is 0 Å². The summed E-state index contributed by atoms with van der Waals surface area (Å²) in [6.07, 6.45) is -0.675. The maximum absolute atomic E-state index is 11.6. The van der Waals surface area contributed by atoms with Gasteiger partial charge in [-0.3, -0.25) is 4.79 Å². The standard InChI is InChI=1S/C14H20N2O4/c1-10-4-3-5-11(6-10)8-15-14(19)16-9-12(20-2)7-13(17)18/h3-6,12H,7-9H2,1-2H3,(H,17,18)(H2,15,16,19). The quantitative estimate of drug-likeness (QED) is 0.702. The fraction of sp³-hybridized carbons (Fsp3) is 0.429. The third-order valence-corrected chi connectivity index (χ3v) is 2.76. The molecule has 0 heterocycles. The summed E-state index contributed by atoms with van der Waals surface area (Å²) < 4.78 is 4.97. The third-order valence-electron chi connectivity index (χ3n) is 2.76. The first kappa shape index (κ1) is 16.0. The number of rotatable bonds is 7. The van der Waals surface area contributed by atoms with E-state index < -0.39 is 12.1 Å². The van der Waals surface area contributed by atoms with Crippen LogP contribution in [0.5, 0.6) is 0 Å². The lowest BCUT2D eigenvalue weighted by Crippen LogP contribution is -2.40. The molecule has 1 aromatic rings. The van der Waals surface area contributed by atoms with Gasteiger partial charge in [-0.05, 0) is 12.5 Å². The van der Waals surface area contributed by atoms with Crippen molar-refractivity contribution in [3.63, 3.8) is 0 Å². The molecule has 1 rings (SSSR count). The van der Waals surface area contributed by atoms with E-state index in [1.165, 1.54) is 7.11 Å². The zero-order chi connectivity index (χ0) is 15.0. The van der Waals surface area contributed by atoms with Gasteiger partial charge in [0.05, 0.1) is 12.5 Å². The molecule has 0 radical (unpaired) electrons. The Morgan fingerprint density at radius 2 is 2.10 bits per heavy atom. The summed E-state index contributed by atoms with van der Waals surface area (Å²) in [7, 11) is 1.42. The van der Waals surface area contributed by atoms with E-state index in [0.717, 1.165) is 11.1 Å². The summed E-state index contributed by atoms with van der Waals surface area (Å²) in [4.78, 5) is 22.1. The Balaban J connectivity index is 2.31. The minimum Gasteiger partial charge on any atom is -0.481 e. The Morgan fingerprint density at radius 3 is 2.70 bits per heavy atom. The number of carbonyl (C=O) groups is 2. The summed E-state index contributed by atoms with van der Waals surface area (Å²) in [5.74, 6) is -0.959. The molecule has 6 nitrogen and oxygen atoms in total. The number of urea groups is 1. The van der Waals surface area contributed by atoms with Crippen molar-refractivity contribution < 1.29 is 19.4 Å². The van der Waals surface area contributed by atoms with Crippen molar-refractivity contribution >= 4 is 12.0 Å². The maximum atomic E-state index is 11.6. The molecule has 20 heavy (non-hydrogen) atoms. The molecule has 0 fully saturated rings. The molecule has 110 valence electrons. The average molecular weight is 280 g/mol. The number of carboxylic acids is 1. The fourth-order valence-corrected chi connectivity index (χ4v) is 1.71. The van der Waals surface area contributed by atoms with E-state index in [0.29, 0.717) is 6.54 Å². The van der Waals surface area contributed by atoms with Gasteiger partial charge in [-0.1, -0.05) is 29.8 Å². The van der Waals surface area contributed by atoms with Crippen LogP contribution >= 0.6 is 0 Å². The number of carbonyl (C=O) groups excluding carboxylic acids is 1. The van der Waals surface area contributed by atoms with Crippen molar-refractivity contribution in [2.24, 2.45) is 0 Å². The second-order valence-corrected chi connectivity index (χ2v) is 4.51. The summed E-state index contributed by atoms with van der Waals surface area (Å²) in [6, 6.07) is 7.48. The topological polar surface area (TPSA) is 87.7 Å². The van der Waals surface area contributed by atoms with Gasteiger partial charge < -0.3 is 20.5 Å². The van der Waals surface area contributed by atoms with Gasteiger partial charge in [-0.2, -0.15) is 0 Å². The zero-order valence-electron chi connectivity index (χ0n) is 11.7. The summed E-state index contributed by atoms with van der Waals surface area (Å²) in [5.41, 5.74) is 2.14. The Kier molecular flexibility index (Phi) is 6.52. The molecule has 0 bridgehead atoms. The Morgan fingerprint density at radius 1 is 1.35 bits per heavy atom. The van der Waals surface area contributed by atoms with Crippen LogP contribution in [0.1, 0.15) is 17.5 Å². The van der Waals surface area contributed by atoms with Crippen LogP contribution in [-0.2, 0) is 16.1 Å². The van der Waals surface area contributed by atoms with Crippen molar-refractivity contribution in [1.29, 1.82) is 0 Å². The molecule has 1 aromatic carbocycles. The van der Waals surface area contributed by atoms with Gasteiger partial charge in [-0.15, -0.1) is 0 Å². The fourth-order valence-electron chi connectivity index (χ4n) is 1.71. The van der Waals surface area contributed by atoms with Gasteiger partial charge >= 0.3 is 12.0 Å². The number of amides is 2. The highest BCUT2D eigenvalue weighted by molar-refractivity contribution is 5.74.